The van der Waals surface area contributed by atoms with Crippen LogP contribution in [0.15, 0.2) is 40.0 Å². The largest absolute Gasteiger partial charge is 0.455 e. The summed E-state index contributed by atoms with van der Waals surface area (Å²) >= 11 is 4.68. The lowest BCUT2D eigenvalue weighted by Crippen LogP contribution is -2.39. The minimum atomic E-state index is 0.115. The Morgan fingerprint density at radius 1 is 1.32 bits per heavy atom. The Kier molecular flexibility index (Phi) is 5.33. The van der Waals surface area contributed by atoms with E-state index in [1.165, 1.54) is 12.6 Å². The molecule has 0 spiro atoms. The number of nitrogens with zero attached hydrogens (tertiary/aromatic N) is 3. The van der Waals surface area contributed by atoms with Gasteiger partial charge in [0.25, 0.3) is 0 Å². The van der Waals surface area contributed by atoms with Gasteiger partial charge in [-0.3, -0.25) is 5.43 Å². The predicted molar refractivity (Wildman–Crippen MR) is 105 cm³/mol. The number of hydrazone groups is 1. The van der Waals surface area contributed by atoms with Gasteiger partial charge < -0.3 is 15.1 Å². The number of thiocarbonyl (C=S) groups is 1. The molecule has 25 heavy (non-hydrogen) atoms. The van der Waals surface area contributed by atoms with E-state index in [1.807, 2.05) is 24.4 Å². The lowest BCUT2D eigenvalue weighted by atomic mass is 9.92. The van der Waals surface area contributed by atoms with Crippen molar-refractivity contribution in [2.45, 2.75) is 20.3 Å². The van der Waals surface area contributed by atoms with Crippen LogP contribution in [0.25, 0.3) is 11.3 Å². The summed E-state index contributed by atoms with van der Waals surface area (Å²) < 4.78 is 5.74. The first-order valence-electron chi connectivity index (χ1n) is 8.41. The Labute approximate surface area is 153 Å². The molecule has 1 aliphatic rings. The highest BCUT2D eigenvalue weighted by Crippen LogP contribution is 2.27. The number of piperidine rings is 1. The van der Waals surface area contributed by atoms with Gasteiger partial charge >= 0.3 is 0 Å². The second-order valence-electron chi connectivity index (χ2n) is 6.69. The number of nitrogens with one attached hydrogen (secondary N) is 1. The number of pyridine rings is 1. The number of hydrogen-bond acceptors (Lipinski definition) is 5. The maximum atomic E-state index is 5.74. The van der Waals surface area contributed by atoms with E-state index in [4.69, 9.17) is 10.2 Å². The zero-order valence-corrected chi connectivity index (χ0v) is 15.3. The molecule has 3 N–H and O–H groups in total. The quantitative estimate of drug-likeness (QED) is 0.497. The van der Waals surface area contributed by atoms with Crippen molar-refractivity contribution in [2.75, 3.05) is 18.0 Å². The summed E-state index contributed by atoms with van der Waals surface area (Å²) in [6.07, 6.45) is 4.67. The van der Waals surface area contributed by atoms with Gasteiger partial charge in [-0.15, -0.1) is 0 Å². The number of nitrogens with two attached hydrogens (primary N) is 1. The highest BCUT2D eigenvalue weighted by molar-refractivity contribution is 7.80. The molecule has 1 fully saturated rings. The molecule has 0 saturated carbocycles. The zero-order chi connectivity index (χ0) is 17.8. The molecule has 0 aromatic carbocycles. The highest BCUT2D eigenvalue weighted by atomic mass is 32.1. The zero-order valence-electron chi connectivity index (χ0n) is 14.5. The molecule has 2 unspecified atom stereocenters. The van der Waals surface area contributed by atoms with Crippen LogP contribution in [0, 0.1) is 11.8 Å². The van der Waals surface area contributed by atoms with Crippen LogP contribution in [-0.4, -0.2) is 29.4 Å². The summed E-state index contributed by atoms with van der Waals surface area (Å²) in [5, 5.41) is 4.00. The minimum absolute atomic E-state index is 0.115. The Balaban J connectivity index is 1.69. The van der Waals surface area contributed by atoms with Crippen molar-refractivity contribution in [2.24, 2.45) is 22.7 Å². The van der Waals surface area contributed by atoms with E-state index in [0.717, 1.165) is 30.2 Å². The molecule has 0 aliphatic carbocycles. The molecule has 132 valence electrons. The van der Waals surface area contributed by atoms with Crippen LogP contribution in [0.5, 0.6) is 0 Å². The number of aromatic nitrogens is 1. The second kappa shape index (κ2) is 7.65. The summed E-state index contributed by atoms with van der Waals surface area (Å²) in [7, 11) is 0. The van der Waals surface area contributed by atoms with Crippen molar-refractivity contribution >= 4 is 29.4 Å². The molecule has 2 atom stereocenters. The summed E-state index contributed by atoms with van der Waals surface area (Å²) in [5.74, 6) is 3.79. The van der Waals surface area contributed by atoms with Crippen LogP contribution < -0.4 is 16.1 Å². The van der Waals surface area contributed by atoms with Crippen LogP contribution in [-0.2, 0) is 0 Å². The number of hydrogen-bond donors (Lipinski definition) is 2. The van der Waals surface area contributed by atoms with E-state index in [9.17, 15) is 0 Å². The standard InChI is InChI=1S/C18H23N5OS/c1-12-7-13(2)11-23(10-12)17-6-3-14(8-20-17)16-5-4-15(24-16)9-21-22-18(19)25/h3-6,8-9,12-13H,7,10-11H2,1-2H3,(H3,19,22,25)/b21-9+. The third-order valence-electron chi connectivity index (χ3n) is 4.22. The van der Waals surface area contributed by atoms with E-state index >= 15 is 0 Å². The predicted octanol–water partition coefficient (Wildman–Crippen LogP) is 2.99. The first kappa shape index (κ1) is 17.4. The molecule has 1 saturated heterocycles. The third-order valence-corrected chi connectivity index (χ3v) is 4.31. The molecular weight excluding hydrogens is 334 g/mol. The second-order valence-corrected chi connectivity index (χ2v) is 7.13. The average Bonchev–Trinajstić information content (AvgIpc) is 3.03. The molecule has 0 radical (unpaired) electrons. The van der Waals surface area contributed by atoms with Crippen molar-refractivity contribution in [1.82, 2.24) is 10.4 Å². The Morgan fingerprint density at radius 2 is 2.08 bits per heavy atom. The smallest absolute Gasteiger partial charge is 0.184 e. The lowest BCUT2D eigenvalue weighted by molar-refractivity contribution is 0.355. The summed E-state index contributed by atoms with van der Waals surface area (Å²) in [4.78, 5) is 6.99. The molecule has 0 amide bonds. The lowest BCUT2D eigenvalue weighted by Gasteiger charge is -2.35. The van der Waals surface area contributed by atoms with E-state index in [-0.39, 0.29) is 5.11 Å². The fourth-order valence-electron chi connectivity index (χ4n) is 3.31. The molecular formula is C18H23N5OS. The van der Waals surface area contributed by atoms with E-state index in [0.29, 0.717) is 17.6 Å². The first-order valence-corrected chi connectivity index (χ1v) is 8.82. The maximum Gasteiger partial charge on any atom is 0.184 e. The van der Waals surface area contributed by atoms with Crippen LogP contribution >= 0.6 is 12.2 Å². The van der Waals surface area contributed by atoms with Gasteiger partial charge in [-0.05, 0) is 54.7 Å². The van der Waals surface area contributed by atoms with Gasteiger partial charge in [0.2, 0.25) is 0 Å². The molecule has 3 rings (SSSR count). The Hall–Kier alpha value is -2.41. The fraction of sp³-hybridized carbons (Fsp3) is 0.389. The average molecular weight is 357 g/mol. The maximum absolute atomic E-state index is 5.74. The normalized spacial score (nSPS) is 20.8. The molecule has 2 aromatic heterocycles. The van der Waals surface area contributed by atoms with Gasteiger partial charge in [0.05, 0.1) is 6.21 Å². The number of rotatable bonds is 4. The van der Waals surface area contributed by atoms with Gasteiger partial charge in [0, 0.05) is 24.8 Å². The molecule has 6 nitrogen and oxygen atoms in total. The first-order chi connectivity index (χ1) is 12.0. The van der Waals surface area contributed by atoms with Crippen molar-refractivity contribution in [1.29, 1.82) is 0 Å². The van der Waals surface area contributed by atoms with Gasteiger partial charge in [-0.25, -0.2) is 4.98 Å². The van der Waals surface area contributed by atoms with Gasteiger partial charge in [-0.2, -0.15) is 5.10 Å². The van der Waals surface area contributed by atoms with Crippen molar-refractivity contribution < 1.29 is 4.42 Å². The van der Waals surface area contributed by atoms with Crippen LogP contribution in [0.2, 0.25) is 0 Å². The molecule has 0 bridgehead atoms. The van der Waals surface area contributed by atoms with Gasteiger partial charge in [0.1, 0.15) is 17.3 Å². The monoisotopic (exact) mass is 357 g/mol. The van der Waals surface area contributed by atoms with E-state index in [2.05, 4.69) is 52.5 Å². The van der Waals surface area contributed by atoms with Crippen molar-refractivity contribution in [3.8, 4) is 11.3 Å². The topological polar surface area (TPSA) is 79.7 Å². The van der Waals surface area contributed by atoms with Crippen LogP contribution in [0.1, 0.15) is 26.0 Å². The SMILES string of the molecule is CC1CC(C)CN(c2ccc(-c3ccc(/C=N/NC(N)=S)o3)cn2)C1. The van der Waals surface area contributed by atoms with Gasteiger partial charge in [0.15, 0.2) is 5.11 Å². The van der Waals surface area contributed by atoms with Crippen molar-refractivity contribution in [3.63, 3.8) is 0 Å². The highest BCUT2D eigenvalue weighted by Gasteiger charge is 2.22. The fourth-order valence-corrected chi connectivity index (χ4v) is 3.36. The minimum Gasteiger partial charge on any atom is -0.455 e. The molecule has 2 aromatic rings. The molecule has 3 heterocycles. The Morgan fingerprint density at radius 3 is 2.72 bits per heavy atom. The number of furan rings is 1. The summed E-state index contributed by atoms with van der Waals surface area (Å²) in [6.45, 7) is 6.73. The van der Waals surface area contributed by atoms with Gasteiger partial charge in [-0.1, -0.05) is 13.8 Å². The molecule has 1 aliphatic heterocycles. The van der Waals surface area contributed by atoms with E-state index < -0.39 is 0 Å². The molecule has 7 heteroatoms. The van der Waals surface area contributed by atoms with E-state index in [1.54, 1.807) is 0 Å². The third kappa shape index (κ3) is 4.57. The van der Waals surface area contributed by atoms with Crippen LogP contribution in [0.3, 0.4) is 0 Å². The number of anilines is 1. The van der Waals surface area contributed by atoms with Crippen molar-refractivity contribution in [3.05, 3.63) is 36.2 Å². The Bertz CT molecular complexity index is 745. The summed E-state index contributed by atoms with van der Waals surface area (Å²) in [5.41, 5.74) is 8.74. The summed E-state index contributed by atoms with van der Waals surface area (Å²) in [6, 6.07) is 7.83. The van der Waals surface area contributed by atoms with Crippen LogP contribution in [0.4, 0.5) is 5.82 Å².